The van der Waals surface area contributed by atoms with E-state index in [4.69, 9.17) is 15.0 Å². The Hall–Kier alpha value is -1.28. The van der Waals surface area contributed by atoms with Crippen LogP contribution in [0.5, 0.6) is 0 Å². The Labute approximate surface area is 127 Å². The number of thiophene rings is 1. The van der Waals surface area contributed by atoms with Crippen LogP contribution in [0.25, 0.3) is 0 Å². The van der Waals surface area contributed by atoms with Crippen LogP contribution in [0.15, 0.2) is 22.0 Å². The van der Waals surface area contributed by atoms with Crippen LogP contribution in [0.2, 0.25) is 0 Å². The molecule has 1 saturated heterocycles. The van der Waals surface area contributed by atoms with Gasteiger partial charge in [0.05, 0.1) is 6.61 Å². The molecule has 0 aliphatic carbocycles. The van der Waals surface area contributed by atoms with Gasteiger partial charge >= 0.3 is 0 Å². The van der Waals surface area contributed by atoms with Gasteiger partial charge in [-0.2, -0.15) is 4.98 Å². The van der Waals surface area contributed by atoms with Gasteiger partial charge < -0.3 is 15.0 Å². The molecular formula is C14H20N4O2S. The first-order valence-electron chi connectivity index (χ1n) is 7.24. The minimum atomic E-state index is -0.360. The standard InChI is InChI=1S/C14H20N4O2S/c1-2-5-18-6-7-19-10(9-18)13-16-14(20-17-13)12(15)11-4-3-8-21-11/h3-4,8,10,12H,2,5-7,9,15H2,1H3. The van der Waals surface area contributed by atoms with Gasteiger partial charge in [-0.25, -0.2) is 0 Å². The second kappa shape index (κ2) is 6.65. The minimum Gasteiger partial charge on any atom is -0.367 e. The number of aromatic nitrogens is 2. The van der Waals surface area contributed by atoms with Crippen LogP contribution in [-0.2, 0) is 4.74 Å². The van der Waals surface area contributed by atoms with Crippen molar-refractivity contribution in [2.24, 2.45) is 5.73 Å². The summed E-state index contributed by atoms with van der Waals surface area (Å²) >= 11 is 1.59. The Morgan fingerprint density at radius 2 is 2.48 bits per heavy atom. The predicted molar refractivity (Wildman–Crippen MR) is 80.1 cm³/mol. The highest BCUT2D eigenvalue weighted by Gasteiger charge is 2.27. The first kappa shape index (κ1) is 14.6. The highest BCUT2D eigenvalue weighted by atomic mass is 32.1. The summed E-state index contributed by atoms with van der Waals surface area (Å²) in [5.74, 6) is 1.04. The normalized spacial score (nSPS) is 21.5. The summed E-state index contributed by atoms with van der Waals surface area (Å²) in [4.78, 5) is 7.82. The van der Waals surface area contributed by atoms with Crippen LogP contribution in [0, 0.1) is 0 Å². The number of nitrogens with zero attached hydrogens (tertiary/aromatic N) is 3. The Kier molecular flexibility index (Phi) is 4.64. The van der Waals surface area contributed by atoms with E-state index >= 15 is 0 Å². The third-order valence-corrected chi connectivity index (χ3v) is 4.51. The first-order valence-corrected chi connectivity index (χ1v) is 8.12. The number of rotatable bonds is 5. The van der Waals surface area contributed by atoms with Crippen LogP contribution in [0.1, 0.15) is 42.1 Å². The van der Waals surface area contributed by atoms with Crippen molar-refractivity contribution in [1.82, 2.24) is 15.0 Å². The molecule has 114 valence electrons. The second-order valence-electron chi connectivity index (χ2n) is 5.14. The summed E-state index contributed by atoms with van der Waals surface area (Å²) in [6, 6.07) is 3.57. The van der Waals surface area contributed by atoms with E-state index < -0.39 is 0 Å². The molecule has 7 heteroatoms. The third-order valence-electron chi connectivity index (χ3n) is 3.55. The Bertz CT molecular complexity index is 555. The van der Waals surface area contributed by atoms with E-state index in [0.717, 1.165) is 30.9 Å². The quantitative estimate of drug-likeness (QED) is 0.910. The number of ether oxygens (including phenoxy) is 1. The van der Waals surface area contributed by atoms with Gasteiger partial charge in [-0.05, 0) is 24.4 Å². The van der Waals surface area contributed by atoms with E-state index in [0.29, 0.717) is 18.3 Å². The molecule has 6 nitrogen and oxygen atoms in total. The van der Waals surface area contributed by atoms with Crippen LogP contribution in [-0.4, -0.2) is 41.3 Å². The summed E-state index contributed by atoms with van der Waals surface area (Å²) in [5.41, 5.74) is 6.14. The molecule has 0 saturated carbocycles. The van der Waals surface area contributed by atoms with Gasteiger partial charge in [0, 0.05) is 18.0 Å². The van der Waals surface area contributed by atoms with E-state index in [9.17, 15) is 0 Å². The number of hydrogen-bond acceptors (Lipinski definition) is 7. The van der Waals surface area contributed by atoms with Crippen molar-refractivity contribution in [2.45, 2.75) is 25.5 Å². The van der Waals surface area contributed by atoms with E-state index in [1.54, 1.807) is 11.3 Å². The van der Waals surface area contributed by atoms with E-state index in [1.807, 2.05) is 17.5 Å². The highest BCUT2D eigenvalue weighted by molar-refractivity contribution is 7.10. The lowest BCUT2D eigenvalue weighted by Gasteiger charge is -2.30. The first-order chi connectivity index (χ1) is 10.3. The van der Waals surface area contributed by atoms with Crippen molar-refractivity contribution in [2.75, 3.05) is 26.2 Å². The molecule has 0 bridgehead atoms. The fraction of sp³-hybridized carbons (Fsp3) is 0.571. The summed E-state index contributed by atoms with van der Waals surface area (Å²) < 4.78 is 11.1. The highest BCUT2D eigenvalue weighted by Crippen LogP contribution is 2.25. The Morgan fingerprint density at radius 1 is 1.57 bits per heavy atom. The fourth-order valence-corrected chi connectivity index (χ4v) is 3.19. The lowest BCUT2D eigenvalue weighted by molar-refractivity contribution is -0.0350. The van der Waals surface area contributed by atoms with Gasteiger partial charge in [0.2, 0.25) is 11.7 Å². The molecule has 0 spiro atoms. The average molecular weight is 308 g/mol. The van der Waals surface area contributed by atoms with Crippen molar-refractivity contribution in [3.63, 3.8) is 0 Å². The van der Waals surface area contributed by atoms with Crippen molar-refractivity contribution < 1.29 is 9.26 Å². The molecule has 2 aromatic heterocycles. The minimum absolute atomic E-state index is 0.127. The zero-order valence-corrected chi connectivity index (χ0v) is 12.9. The largest absolute Gasteiger partial charge is 0.367 e. The van der Waals surface area contributed by atoms with E-state index in [1.165, 1.54) is 0 Å². The van der Waals surface area contributed by atoms with Crippen LogP contribution in [0.3, 0.4) is 0 Å². The lowest BCUT2D eigenvalue weighted by Crippen LogP contribution is -2.39. The average Bonchev–Trinajstić information content (AvgIpc) is 3.19. The zero-order valence-electron chi connectivity index (χ0n) is 12.1. The molecule has 1 aliphatic heterocycles. The van der Waals surface area contributed by atoms with Gasteiger partial charge in [-0.1, -0.05) is 18.1 Å². The number of morpholine rings is 1. The van der Waals surface area contributed by atoms with Crippen molar-refractivity contribution in [3.8, 4) is 0 Å². The van der Waals surface area contributed by atoms with Gasteiger partial charge in [-0.15, -0.1) is 11.3 Å². The molecule has 2 N–H and O–H groups in total. The molecule has 3 rings (SSSR count). The van der Waals surface area contributed by atoms with Crippen molar-refractivity contribution in [1.29, 1.82) is 0 Å². The maximum Gasteiger partial charge on any atom is 0.249 e. The smallest absolute Gasteiger partial charge is 0.249 e. The van der Waals surface area contributed by atoms with Crippen molar-refractivity contribution >= 4 is 11.3 Å². The second-order valence-corrected chi connectivity index (χ2v) is 6.12. The van der Waals surface area contributed by atoms with Gasteiger partial charge in [0.1, 0.15) is 12.1 Å². The summed E-state index contributed by atoms with van der Waals surface area (Å²) in [7, 11) is 0. The molecule has 3 heterocycles. The SMILES string of the molecule is CCCN1CCOC(c2noc(C(N)c3cccs3)n2)C1. The fourth-order valence-electron chi connectivity index (χ4n) is 2.47. The molecular weight excluding hydrogens is 288 g/mol. The van der Waals surface area contributed by atoms with Crippen molar-refractivity contribution in [3.05, 3.63) is 34.1 Å². The molecule has 0 radical (unpaired) electrons. The summed E-state index contributed by atoms with van der Waals surface area (Å²) in [6.07, 6.45) is 1.01. The maximum atomic E-state index is 6.14. The van der Waals surface area contributed by atoms with Gasteiger partial charge in [0.15, 0.2) is 0 Å². The zero-order chi connectivity index (χ0) is 14.7. The topological polar surface area (TPSA) is 77.4 Å². The van der Waals surface area contributed by atoms with Gasteiger partial charge in [-0.3, -0.25) is 4.90 Å². The molecule has 1 fully saturated rings. The van der Waals surface area contributed by atoms with Crippen LogP contribution in [0.4, 0.5) is 0 Å². The third kappa shape index (κ3) is 3.32. The molecule has 2 unspecified atom stereocenters. The molecule has 0 amide bonds. The molecule has 1 aliphatic rings. The monoisotopic (exact) mass is 308 g/mol. The lowest BCUT2D eigenvalue weighted by atomic mass is 10.2. The number of nitrogens with two attached hydrogens (primary N) is 1. The van der Waals surface area contributed by atoms with E-state index in [2.05, 4.69) is 22.0 Å². The number of hydrogen-bond donors (Lipinski definition) is 1. The van der Waals surface area contributed by atoms with Crippen LogP contribution < -0.4 is 5.73 Å². The summed E-state index contributed by atoms with van der Waals surface area (Å²) in [5, 5.41) is 6.04. The van der Waals surface area contributed by atoms with E-state index in [-0.39, 0.29) is 12.1 Å². The maximum absolute atomic E-state index is 6.14. The predicted octanol–water partition coefficient (Wildman–Crippen LogP) is 1.96. The van der Waals surface area contributed by atoms with Gasteiger partial charge in [0.25, 0.3) is 0 Å². The van der Waals surface area contributed by atoms with Crippen LogP contribution >= 0.6 is 11.3 Å². The molecule has 2 atom stereocenters. The molecule has 21 heavy (non-hydrogen) atoms. The molecule has 0 aromatic carbocycles. The molecule has 2 aromatic rings. The summed E-state index contributed by atoms with van der Waals surface area (Å²) in [6.45, 7) is 5.71. The Balaban J connectivity index is 1.69. The Morgan fingerprint density at radius 3 is 3.24 bits per heavy atom.